The van der Waals surface area contributed by atoms with Gasteiger partial charge in [0.15, 0.2) is 28.8 Å². The van der Waals surface area contributed by atoms with E-state index in [1.165, 1.54) is 64.8 Å². The standard InChI is InChI=1S/C28H26F2O5/c1-32-25-17-20(6-5-7-24(31)19-10-12-22(29)13-11-19)21(16-23(25)30)9-8-18-14-26(33-2)28(35-4)27(15-18)34-3/h5,7-17H,6H2,1-4H3/b7-5-,9-8-. The monoisotopic (exact) mass is 480 g/mol. The maximum atomic E-state index is 14.5. The molecule has 0 aliphatic carbocycles. The van der Waals surface area contributed by atoms with Gasteiger partial charge < -0.3 is 18.9 Å². The van der Waals surface area contributed by atoms with Crippen LogP contribution in [0.4, 0.5) is 8.78 Å². The first-order chi connectivity index (χ1) is 16.9. The number of ketones is 1. The Morgan fingerprint density at radius 2 is 1.43 bits per heavy atom. The average molecular weight is 481 g/mol. The Balaban J connectivity index is 1.90. The van der Waals surface area contributed by atoms with Crippen LogP contribution in [0.1, 0.15) is 27.0 Å². The summed E-state index contributed by atoms with van der Waals surface area (Å²) >= 11 is 0. The van der Waals surface area contributed by atoms with Gasteiger partial charge in [-0.25, -0.2) is 8.78 Å². The maximum absolute atomic E-state index is 14.5. The van der Waals surface area contributed by atoms with Crippen LogP contribution >= 0.6 is 0 Å². The Morgan fingerprint density at radius 1 is 0.800 bits per heavy atom. The fourth-order valence-electron chi connectivity index (χ4n) is 3.49. The van der Waals surface area contributed by atoms with Gasteiger partial charge in [0.05, 0.1) is 28.4 Å². The van der Waals surface area contributed by atoms with Gasteiger partial charge in [-0.2, -0.15) is 0 Å². The molecule has 0 saturated carbocycles. The molecule has 0 spiro atoms. The van der Waals surface area contributed by atoms with E-state index in [-0.39, 0.29) is 11.5 Å². The lowest BCUT2D eigenvalue weighted by molar-refractivity contribution is 0.104. The number of rotatable bonds is 10. The molecule has 5 nitrogen and oxygen atoms in total. The van der Waals surface area contributed by atoms with Crippen molar-refractivity contribution < 1.29 is 32.5 Å². The van der Waals surface area contributed by atoms with Gasteiger partial charge in [0.2, 0.25) is 5.75 Å². The molecule has 0 saturated heterocycles. The molecular formula is C28H26F2O5. The molecule has 3 aromatic carbocycles. The van der Waals surface area contributed by atoms with E-state index < -0.39 is 11.6 Å². The van der Waals surface area contributed by atoms with Crippen LogP contribution in [-0.4, -0.2) is 34.2 Å². The van der Waals surface area contributed by atoms with Gasteiger partial charge in [0.25, 0.3) is 0 Å². The Morgan fingerprint density at radius 3 is 2.00 bits per heavy atom. The highest BCUT2D eigenvalue weighted by molar-refractivity contribution is 6.04. The van der Waals surface area contributed by atoms with E-state index >= 15 is 0 Å². The normalized spacial score (nSPS) is 11.1. The van der Waals surface area contributed by atoms with Gasteiger partial charge in [-0.15, -0.1) is 0 Å². The van der Waals surface area contributed by atoms with Crippen molar-refractivity contribution in [1.29, 1.82) is 0 Å². The zero-order valence-corrected chi connectivity index (χ0v) is 19.9. The highest BCUT2D eigenvalue weighted by atomic mass is 19.1. The van der Waals surface area contributed by atoms with Crippen molar-refractivity contribution in [1.82, 2.24) is 0 Å². The van der Waals surface area contributed by atoms with Crippen LogP contribution in [0.2, 0.25) is 0 Å². The Bertz CT molecular complexity index is 1220. The summed E-state index contributed by atoms with van der Waals surface area (Å²) in [7, 11) is 5.97. The smallest absolute Gasteiger partial charge is 0.203 e. The highest BCUT2D eigenvalue weighted by Gasteiger charge is 2.13. The van der Waals surface area contributed by atoms with Crippen LogP contribution in [-0.2, 0) is 6.42 Å². The molecular weight excluding hydrogens is 454 g/mol. The lowest BCUT2D eigenvalue weighted by Crippen LogP contribution is -1.97. The third-order valence-electron chi connectivity index (χ3n) is 5.29. The number of carbonyl (C=O) groups is 1. The molecule has 0 unspecified atom stereocenters. The number of ether oxygens (including phenoxy) is 4. The molecule has 0 N–H and O–H groups in total. The van der Waals surface area contributed by atoms with E-state index in [0.717, 1.165) is 11.1 Å². The number of halogens is 2. The van der Waals surface area contributed by atoms with Crippen LogP contribution in [0.15, 0.2) is 60.7 Å². The number of hydrogen-bond acceptors (Lipinski definition) is 5. The van der Waals surface area contributed by atoms with Gasteiger partial charge in [-0.3, -0.25) is 4.79 Å². The van der Waals surface area contributed by atoms with Crippen molar-refractivity contribution in [3.63, 3.8) is 0 Å². The molecule has 3 aromatic rings. The molecule has 0 aliphatic rings. The first kappa shape index (κ1) is 25.5. The molecule has 0 bridgehead atoms. The van der Waals surface area contributed by atoms with Crippen LogP contribution in [0.25, 0.3) is 12.2 Å². The Hall–Kier alpha value is -4.13. The first-order valence-corrected chi connectivity index (χ1v) is 10.7. The van der Waals surface area contributed by atoms with Crippen LogP contribution in [0, 0.1) is 11.6 Å². The summed E-state index contributed by atoms with van der Waals surface area (Å²) in [6, 6.07) is 11.8. The zero-order chi connectivity index (χ0) is 25.4. The van der Waals surface area contributed by atoms with Crippen molar-refractivity contribution in [2.75, 3.05) is 28.4 Å². The topological polar surface area (TPSA) is 54.0 Å². The quantitative estimate of drug-likeness (QED) is 0.198. The second-order valence-electron chi connectivity index (χ2n) is 7.46. The summed E-state index contributed by atoms with van der Waals surface area (Å²) in [4.78, 5) is 12.4. The minimum Gasteiger partial charge on any atom is -0.494 e. The maximum Gasteiger partial charge on any atom is 0.203 e. The molecule has 0 aliphatic heterocycles. The van der Waals surface area contributed by atoms with Gasteiger partial charge in [0, 0.05) is 5.56 Å². The van der Waals surface area contributed by atoms with Crippen molar-refractivity contribution in [2.24, 2.45) is 0 Å². The molecule has 7 heteroatoms. The summed E-state index contributed by atoms with van der Waals surface area (Å²) in [5.74, 6) is 0.389. The van der Waals surface area contributed by atoms with E-state index in [1.54, 1.807) is 36.4 Å². The van der Waals surface area contributed by atoms with Crippen LogP contribution < -0.4 is 18.9 Å². The molecule has 35 heavy (non-hydrogen) atoms. The molecule has 0 atom stereocenters. The molecule has 0 heterocycles. The van der Waals surface area contributed by atoms with Gasteiger partial charge in [-0.05, 0) is 77.7 Å². The number of benzene rings is 3. The number of hydrogen-bond donors (Lipinski definition) is 0. The van der Waals surface area contributed by atoms with Crippen molar-refractivity contribution in [2.45, 2.75) is 6.42 Å². The van der Waals surface area contributed by atoms with E-state index in [0.29, 0.717) is 34.8 Å². The predicted molar refractivity (Wildman–Crippen MR) is 132 cm³/mol. The Labute approximate surface area is 203 Å². The molecule has 0 aromatic heterocycles. The molecule has 0 radical (unpaired) electrons. The van der Waals surface area contributed by atoms with Gasteiger partial charge >= 0.3 is 0 Å². The first-order valence-electron chi connectivity index (χ1n) is 10.7. The fraction of sp³-hybridized carbons (Fsp3) is 0.179. The molecule has 0 fully saturated rings. The predicted octanol–water partition coefficient (Wildman–Crippen LogP) is 6.15. The largest absolute Gasteiger partial charge is 0.494 e. The van der Waals surface area contributed by atoms with Crippen molar-refractivity contribution in [3.05, 3.63) is 94.6 Å². The number of allylic oxidation sites excluding steroid dienone is 2. The highest BCUT2D eigenvalue weighted by Crippen LogP contribution is 2.38. The summed E-state index contributed by atoms with van der Waals surface area (Å²) < 4.78 is 48.8. The summed E-state index contributed by atoms with van der Waals surface area (Å²) in [5.41, 5.74) is 2.48. The SMILES string of the molecule is COc1cc(C/C=C\C(=O)c2ccc(F)cc2)c(/C=C\c2cc(OC)c(OC)c(OC)c2)cc1F. The van der Waals surface area contributed by atoms with Crippen molar-refractivity contribution >= 4 is 17.9 Å². The lowest BCUT2D eigenvalue weighted by Gasteiger charge is -2.13. The van der Waals surface area contributed by atoms with Crippen molar-refractivity contribution in [3.8, 4) is 23.0 Å². The third-order valence-corrected chi connectivity index (χ3v) is 5.29. The minimum absolute atomic E-state index is 0.100. The molecule has 3 rings (SSSR count). The lowest BCUT2D eigenvalue weighted by atomic mass is 10.0. The summed E-state index contributed by atoms with van der Waals surface area (Å²) in [6.07, 6.45) is 6.99. The van der Waals surface area contributed by atoms with E-state index in [4.69, 9.17) is 18.9 Å². The average Bonchev–Trinajstić information content (AvgIpc) is 2.87. The van der Waals surface area contributed by atoms with Gasteiger partial charge in [0.1, 0.15) is 5.82 Å². The minimum atomic E-state index is -0.507. The van der Waals surface area contributed by atoms with Gasteiger partial charge in [-0.1, -0.05) is 18.2 Å². The van der Waals surface area contributed by atoms with E-state index in [1.807, 2.05) is 0 Å². The van der Waals surface area contributed by atoms with E-state index in [2.05, 4.69) is 0 Å². The summed E-state index contributed by atoms with van der Waals surface area (Å²) in [6.45, 7) is 0. The summed E-state index contributed by atoms with van der Waals surface area (Å²) in [5, 5.41) is 0. The second-order valence-corrected chi connectivity index (χ2v) is 7.46. The van der Waals surface area contributed by atoms with Crippen LogP contribution in [0.5, 0.6) is 23.0 Å². The van der Waals surface area contributed by atoms with Crippen LogP contribution in [0.3, 0.4) is 0 Å². The zero-order valence-electron chi connectivity index (χ0n) is 19.9. The molecule has 0 amide bonds. The number of carbonyl (C=O) groups excluding carboxylic acids is 1. The molecule has 182 valence electrons. The fourth-order valence-corrected chi connectivity index (χ4v) is 3.49. The third kappa shape index (κ3) is 6.26. The van der Waals surface area contributed by atoms with E-state index in [9.17, 15) is 13.6 Å². The number of methoxy groups -OCH3 is 4. The Kier molecular flexibility index (Phi) is 8.62. The second kappa shape index (κ2) is 11.8.